The van der Waals surface area contributed by atoms with Crippen molar-refractivity contribution < 1.29 is 9.53 Å². The Labute approximate surface area is 60.8 Å². The van der Waals surface area contributed by atoms with Crippen molar-refractivity contribution in [2.75, 3.05) is 6.61 Å². The number of hydrogen-bond donors (Lipinski definition) is 1. The van der Waals surface area contributed by atoms with E-state index in [1.54, 1.807) is 13.8 Å². The fourth-order valence-electron chi connectivity index (χ4n) is 0.451. The van der Waals surface area contributed by atoms with Gasteiger partial charge < -0.3 is 10.1 Å². The number of hydrogen-bond acceptors (Lipinski definition) is 3. The zero-order chi connectivity index (χ0) is 7.98. The van der Waals surface area contributed by atoms with E-state index in [0.717, 1.165) is 0 Å². The molecule has 0 heterocycles. The second kappa shape index (κ2) is 4.68. The molecule has 10 heavy (non-hydrogen) atoms. The molecule has 0 radical (unpaired) electrons. The normalized spacial score (nSPS) is 11.3. The molecule has 0 rings (SSSR count). The quantitative estimate of drug-likeness (QED) is 0.344. The summed E-state index contributed by atoms with van der Waals surface area (Å²) >= 11 is 0. The van der Waals surface area contributed by atoms with Gasteiger partial charge in [-0.25, -0.2) is 4.79 Å². The lowest BCUT2D eigenvalue weighted by molar-refractivity contribution is -0.144. The Morgan fingerprint density at radius 3 is 2.90 bits per heavy atom. The number of ether oxygens (including phenoxy) is 1. The van der Waals surface area contributed by atoms with Crippen molar-refractivity contribution in [3.8, 4) is 12.5 Å². The first-order valence-electron chi connectivity index (χ1n) is 3.10. The molecule has 0 aromatic rings. The third-order valence-electron chi connectivity index (χ3n) is 0.940. The van der Waals surface area contributed by atoms with Crippen molar-refractivity contribution in [2.45, 2.75) is 19.9 Å². The summed E-state index contributed by atoms with van der Waals surface area (Å²) in [7, 11) is 0. The van der Waals surface area contributed by atoms with Gasteiger partial charge in [-0.2, -0.15) is 0 Å². The summed E-state index contributed by atoms with van der Waals surface area (Å²) in [5.74, 6) is -0.319. The van der Waals surface area contributed by atoms with Crippen LogP contribution in [-0.2, 0) is 9.53 Å². The van der Waals surface area contributed by atoms with Gasteiger partial charge in [0.05, 0.1) is 6.61 Å². The van der Waals surface area contributed by atoms with Crippen molar-refractivity contribution in [1.29, 1.82) is 0 Å². The lowest BCUT2D eigenvalue weighted by Crippen LogP contribution is -2.31. The lowest BCUT2D eigenvalue weighted by Gasteiger charge is -2.07. The molecule has 0 fully saturated rings. The van der Waals surface area contributed by atoms with Gasteiger partial charge in [0.1, 0.15) is 6.04 Å². The van der Waals surface area contributed by atoms with E-state index in [9.17, 15) is 4.79 Å². The summed E-state index contributed by atoms with van der Waals surface area (Å²) in [6.07, 6.45) is 4.89. The Morgan fingerprint density at radius 1 is 1.90 bits per heavy atom. The van der Waals surface area contributed by atoms with Gasteiger partial charge in [-0.1, -0.05) is 6.42 Å². The van der Waals surface area contributed by atoms with E-state index in [0.29, 0.717) is 6.61 Å². The van der Waals surface area contributed by atoms with Gasteiger partial charge in [0.15, 0.2) is 0 Å². The van der Waals surface area contributed by atoms with Crippen molar-refractivity contribution >= 4 is 5.97 Å². The molecule has 0 bridgehead atoms. The van der Waals surface area contributed by atoms with Crippen LogP contribution in [0.3, 0.4) is 0 Å². The predicted molar refractivity (Wildman–Crippen MR) is 38.1 cm³/mol. The molecule has 3 nitrogen and oxygen atoms in total. The van der Waals surface area contributed by atoms with Crippen LogP contribution in [0.25, 0.3) is 0 Å². The van der Waals surface area contributed by atoms with Gasteiger partial charge in [0.2, 0.25) is 0 Å². The maximum Gasteiger partial charge on any atom is 0.328 e. The maximum absolute atomic E-state index is 10.8. The Bertz CT molecular complexity index is 148. The highest BCUT2D eigenvalue weighted by molar-refractivity contribution is 5.75. The molecule has 0 aliphatic heterocycles. The molecule has 56 valence electrons. The lowest BCUT2D eigenvalue weighted by atomic mass is 10.3. The van der Waals surface area contributed by atoms with E-state index in [-0.39, 0.29) is 5.97 Å². The summed E-state index contributed by atoms with van der Waals surface area (Å²) in [6, 6.07) is 1.74. The van der Waals surface area contributed by atoms with Crippen LogP contribution in [0, 0.1) is 12.5 Å². The van der Waals surface area contributed by atoms with Crippen LogP contribution in [0.15, 0.2) is 0 Å². The highest BCUT2D eigenvalue weighted by Crippen LogP contribution is 1.85. The summed E-state index contributed by atoms with van der Waals surface area (Å²) in [5.41, 5.74) is 0. The van der Waals surface area contributed by atoms with Gasteiger partial charge in [-0.05, 0) is 13.8 Å². The zero-order valence-electron chi connectivity index (χ0n) is 6.18. The van der Waals surface area contributed by atoms with Gasteiger partial charge in [-0.3, -0.25) is 0 Å². The first kappa shape index (κ1) is 8.83. The number of nitrogens with one attached hydrogen (secondary N) is 1. The smallest absolute Gasteiger partial charge is 0.328 e. The number of terminal acetylenes is 1. The number of carbonyl (C=O) groups excluding carboxylic acids is 1. The van der Waals surface area contributed by atoms with E-state index in [4.69, 9.17) is 6.42 Å². The van der Waals surface area contributed by atoms with E-state index in [1.807, 2.05) is 0 Å². The van der Waals surface area contributed by atoms with Crippen LogP contribution < -0.4 is 5.32 Å². The van der Waals surface area contributed by atoms with Crippen molar-refractivity contribution in [1.82, 2.24) is 5.32 Å². The average molecular weight is 141 g/mol. The molecule has 0 saturated carbocycles. The topological polar surface area (TPSA) is 38.3 Å². The van der Waals surface area contributed by atoms with Crippen LogP contribution in [0.4, 0.5) is 0 Å². The van der Waals surface area contributed by atoms with E-state index in [2.05, 4.69) is 16.1 Å². The van der Waals surface area contributed by atoms with Crippen LogP contribution in [0.2, 0.25) is 0 Å². The van der Waals surface area contributed by atoms with Gasteiger partial charge in [-0.15, -0.1) is 0 Å². The molecule has 0 aromatic carbocycles. The highest BCUT2D eigenvalue weighted by atomic mass is 16.5. The maximum atomic E-state index is 10.8. The zero-order valence-corrected chi connectivity index (χ0v) is 6.18. The summed E-state index contributed by atoms with van der Waals surface area (Å²) in [6.45, 7) is 3.79. The summed E-state index contributed by atoms with van der Waals surface area (Å²) in [4.78, 5) is 10.8. The predicted octanol–water partition coefficient (Wildman–Crippen LogP) is 0.118. The fourth-order valence-corrected chi connectivity index (χ4v) is 0.451. The Morgan fingerprint density at radius 2 is 2.50 bits per heavy atom. The Balaban J connectivity index is 3.62. The molecule has 1 N–H and O–H groups in total. The monoisotopic (exact) mass is 141 g/mol. The Hall–Kier alpha value is -1.17. The Kier molecular flexibility index (Phi) is 4.14. The van der Waals surface area contributed by atoms with E-state index < -0.39 is 6.04 Å². The van der Waals surface area contributed by atoms with Gasteiger partial charge >= 0.3 is 5.97 Å². The summed E-state index contributed by atoms with van der Waals surface area (Å²) in [5, 5.41) is 2.48. The molecule has 0 unspecified atom stereocenters. The van der Waals surface area contributed by atoms with Crippen LogP contribution in [0.1, 0.15) is 13.8 Å². The van der Waals surface area contributed by atoms with Crippen LogP contribution >= 0.6 is 0 Å². The molecule has 0 aliphatic rings. The highest BCUT2D eigenvalue weighted by Gasteiger charge is 2.10. The molecule has 0 amide bonds. The first-order valence-corrected chi connectivity index (χ1v) is 3.10. The molecule has 1 atom stereocenters. The van der Waals surface area contributed by atoms with Gasteiger partial charge in [0.25, 0.3) is 0 Å². The van der Waals surface area contributed by atoms with Crippen molar-refractivity contribution in [3.63, 3.8) is 0 Å². The third-order valence-corrected chi connectivity index (χ3v) is 0.940. The molecule has 0 saturated heterocycles. The average Bonchev–Trinajstić information content (AvgIpc) is 1.89. The second-order valence-electron chi connectivity index (χ2n) is 1.76. The van der Waals surface area contributed by atoms with Crippen LogP contribution in [-0.4, -0.2) is 18.6 Å². The van der Waals surface area contributed by atoms with Crippen molar-refractivity contribution in [3.05, 3.63) is 0 Å². The minimum Gasteiger partial charge on any atom is -0.464 e. The molecule has 3 heteroatoms. The second-order valence-corrected chi connectivity index (χ2v) is 1.76. The molecular weight excluding hydrogens is 130 g/mol. The molecular formula is C7H11NO2. The van der Waals surface area contributed by atoms with E-state index >= 15 is 0 Å². The largest absolute Gasteiger partial charge is 0.464 e. The number of esters is 1. The first-order chi connectivity index (χ1) is 4.72. The standard InChI is InChI=1S/C7H11NO2/c1-4-8-6(3)7(9)10-5-2/h1,6,8H,5H2,2-3H3/t6-/m0/s1. The number of carbonyl (C=O) groups is 1. The third kappa shape index (κ3) is 2.98. The number of rotatable bonds is 3. The minimum absolute atomic E-state index is 0.319. The molecule has 0 spiro atoms. The van der Waals surface area contributed by atoms with Gasteiger partial charge in [0, 0.05) is 6.04 Å². The molecule has 0 aromatic heterocycles. The van der Waals surface area contributed by atoms with Crippen molar-refractivity contribution in [2.24, 2.45) is 0 Å². The fraction of sp³-hybridized carbons (Fsp3) is 0.571. The summed E-state index contributed by atoms with van der Waals surface area (Å²) < 4.78 is 4.66. The molecule has 0 aliphatic carbocycles. The van der Waals surface area contributed by atoms with E-state index in [1.165, 1.54) is 0 Å². The van der Waals surface area contributed by atoms with Crippen LogP contribution in [0.5, 0.6) is 0 Å². The SMILES string of the molecule is C#CN[C@@H](C)C(=O)OCC. The minimum atomic E-state index is -0.412.